The average molecular weight is 391 g/mol. The van der Waals surface area contributed by atoms with Crippen molar-refractivity contribution in [2.45, 2.75) is 27.2 Å². The molecule has 5 nitrogen and oxygen atoms in total. The summed E-state index contributed by atoms with van der Waals surface area (Å²) in [5.74, 6) is 0.836. The van der Waals surface area contributed by atoms with E-state index in [9.17, 15) is 4.79 Å². The van der Waals surface area contributed by atoms with Crippen LogP contribution in [-0.2, 0) is 6.42 Å². The lowest BCUT2D eigenvalue weighted by atomic mass is 10.1. The number of amides is 2. The third-order valence-electron chi connectivity index (χ3n) is 4.45. The SMILES string of the molecule is CCN(CC)c1ccc(NC(=O)NCCc2ccc(OC)cc2)c(C)c1.[Cl-]. The Balaban J connectivity index is 0.00000364. The lowest BCUT2D eigenvalue weighted by Gasteiger charge is -2.22. The van der Waals surface area contributed by atoms with E-state index in [1.54, 1.807) is 7.11 Å². The van der Waals surface area contributed by atoms with E-state index in [2.05, 4.69) is 35.4 Å². The van der Waals surface area contributed by atoms with Gasteiger partial charge in [-0.1, -0.05) is 12.1 Å². The fourth-order valence-corrected chi connectivity index (χ4v) is 2.85. The van der Waals surface area contributed by atoms with E-state index < -0.39 is 0 Å². The molecule has 0 heterocycles. The molecule has 0 bridgehead atoms. The predicted octanol–water partition coefficient (Wildman–Crippen LogP) is 1.22. The summed E-state index contributed by atoms with van der Waals surface area (Å²) in [6.07, 6.45) is 0.775. The molecule has 2 aromatic rings. The number of ether oxygens (including phenoxy) is 1. The minimum Gasteiger partial charge on any atom is -1.00 e. The van der Waals surface area contributed by atoms with E-state index in [4.69, 9.17) is 4.74 Å². The molecule has 0 spiro atoms. The number of nitrogens with one attached hydrogen (secondary N) is 2. The minimum atomic E-state index is -0.183. The number of benzene rings is 2. The average Bonchev–Trinajstić information content (AvgIpc) is 2.65. The highest BCUT2D eigenvalue weighted by atomic mass is 35.5. The summed E-state index contributed by atoms with van der Waals surface area (Å²) in [7, 11) is 1.65. The van der Waals surface area contributed by atoms with Gasteiger partial charge in [-0.2, -0.15) is 0 Å². The van der Waals surface area contributed by atoms with Crippen molar-refractivity contribution >= 4 is 17.4 Å². The first-order valence-electron chi connectivity index (χ1n) is 9.10. The van der Waals surface area contributed by atoms with E-state index in [1.807, 2.05) is 43.3 Å². The van der Waals surface area contributed by atoms with Crippen molar-refractivity contribution in [2.75, 3.05) is 37.0 Å². The van der Waals surface area contributed by atoms with Gasteiger partial charge in [0.25, 0.3) is 0 Å². The van der Waals surface area contributed by atoms with E-state index in [-0.39, 0.29) is 18.4 Å². The van der Waals surface area contributed by atoms with Crippen LogP contribution in [-0.4, -0.2) is 32.8 Å². The van der Waals surface area contributed by atoms with Crippen molar-refractivity contribution in [1.29, 1.82) is 0 Å². The van der Waals surface area contributed by atoms with Crippen molar-refractivity contribution in [3.05, 3.63) is 53.6 Å². The van der Waals surface area contributed by atoms with E-state index in [0.717, 1.165) is 42.1 Å². The van der Waals surface area contributed by atoms with Crippen LogP contribution in [0.15, 0.2) is 42.5 Å². The molecule has 0 atom stereocenters. The van der Waals surface area contributed by atoms with E-state index in [1.165, 1.54) is 5.69 Å². The number of methoxy groups -OCH3 is 1. The van der Waals surface area contributed by atoms with Crippen molar-refractivity contribution in [2.24, 2.45) is 0 Å². The van der Waals surface area contributed by atoms with Crippen LogP contribution < -0.4 is 32.7 Å². The zero-order chi connectivity index (χ0) is 18.9. The van der Waals surface area contributed by atoms with Gasteiger partial charge in [0.05, 0.1) is 7.11 Å². The highest BCUT2D eigenvalue weighted by Crippen LogP contribution is 2.22. The Bertz CT molecular complexity index is 716. The van der Waals surface area contributed by atoms with Gasteiger partial charge in [-0.25, -0.2) is 4.79 Å². The van der Waals surface area contributed by atoms with Gasteiger partial charge < -0.3 is 32.7 Å². The monoisotopic (exact) mass is 390 g/mol. The number of urea groups is 1. The smallest absolute Gasteiger partial charge is 0.319 e. The van der Waals surface area contributed by atoms with Crippen molar-refractivity contribution in [3.63, 3.8) is 0 Å². The second-order valence-corrected chi connectivity index (χ2v) is 6.15. The number of halogens is 1. The molecular weight excluding hydrogens is 362 g/mol. The van der Waals surface area contributed by atoms with Crippen LogP contribution in [0.4, 0.5) is 16.2 Å². The Labute approximate surface area is 168 Å². The van der Waals surface area contributed by atoms with Crippen molar-refractivity contribution in [3.8, 4) is 5.75 Å². The molecule has 2 N–H and O–H groups in total. The molecule has 27 heavy (non-hydrogen) atoms. The number of nitrogens with zero attached hydrogens (tertiary/aromatic N) is 1. The fraction of sp³-hybridized carbons (Fsp3) is 0.381. The van der Waals surface area contributed by atoms with Gasteiger partial charge in [0, 0.05) is 31.0 Å². The molecule has 0 aromatic heterocycles. The first kappa shape index (κ1) is 22.6. The maximum absolute atomic E-state index is 12.1. The molecule has 0 unspecified atom stereocenters. The first-order valence-corrected chi connectivity index (χ1v) is 9.10. The second kappa shape index (κ2) is 11.3. The minimum absolute atomic E-state index is 0. The van der Waals surface area contributed by atoms with Crippen LogP contribution in [0.3, 0.4) is 0 Å². The maximum atomic E-state index is 12.1. The molecule has 6 heteroatoms. The Morgan fingerprint density at radius 2 is 1.74 bits per heavy atom. The summed E-state index contributed by atoms with van der Waals surface area (Å²) < 4.78 is 5.14. The van der Waals surface area contributed by atoms with Gasteiger partial charge in [0.1, 0.15) is 5.75 Å². The maximum Gasteiger partial charge on any atom is 0.319 e. The van der Waals surface area contributed by atoms with Crippen LogP contribution in [0.2, 0.25) is 0 Å². The van der Waals surface area contributed by atoms with Crippen LogP contribution in [0, 0.1) is 6.92 Å². The zero-order valence-electron chi connectivity index (χ0n) is 16.5. The van der Waals surface area contributed by atoms with Crippen molar-refractivity contribution in [1.82, 2.24) is 5.32 Å². The predicted molar refractivity (Wildman–Crippen MR) is 108 cm³/mol. The van der Waals surface area contributed by atoms with Crippen LogP contribution in [0.5, 0.6) is 5.75 Å². The first-order chi connectivity index (χ1) is 12.6. The summed E-state index contributed by atoms with van der Waals surface area (Å²) >= 11 is 0. The second-order valence-electron chi connectivity index (χ2n) is 6.15. The molecule has 0 aliphatic carbocycles. The lowest BCUT2D eigenvalue weighted by molar-refractivity contribution is -0.00000894. The topological polar surface area (TPSA) is 53.6 Å². The number of aryl methyl sites for hydroxylation is 1. The van der Waals surface area contributed by atoms with Gasteiger partial charge in [-0.05, 0) is 68.7 Å². The molecular formula is C21H29ClN3O2-. The Kier molecular flexibility index (Phi) is 9.51. The van der Waals surface area contributed by atoms with Crippen LogP contribution >= 0.6 is 0 Å². The van der Waals surface area contributed by atoms with Gasteiger partial charge in [-0.15, -0.1) is 0 Å². The summed E-state index contributed by atoms with van der Waals surface area (Å²) in [6.45, 7) is 8.81. The Hall–Kier alpha value is -2.40. The number of carbonyl (C=O) groups excluding carboxylic acids is 1. The Morgan fingerprint density at radius 3 is 2.30 bits per heavy atom. The summed E-state index contributed by atoms with van der Waals surface area (Å²) in [4.78, 5) is 14.4. The van der Waals surface area contributed by atoms with Gasteiger partial charge in [0.2, 0.25) is 0 Å². The van der Waals surface area contributed by atoms with Crippen molar-refractivity contribution < 1.29 is 21.9 Å². The van der Waals surface area contributed by atoms with E-state index >= 15 is 0 Å². The summed E-state index contributed by atoms with van der Waals surface area (Å²) in [6, 6.07) is 13.8. The summed E-state index contributed by atoms with van der Waals surface area (Å²) in [5, 5.41) is 5.83. The highest BCUT2D eigenvalue weighted by molar-refractivity contribution is 5.90. The Morgan fingerprint density at radius 1 is 1.07 bits per heavy atom. The largest absolute Gasteiger partial charge is 1.00 e. The number of rotatable bonds is 8. The number of hydrogen-bond donors (Lipinski definition) is 2. The molecule has 2 rings (SSSR count). The van der Waals surface area contributed by atoms with E-state index in [0.29, 0.717) is 6.54 Å². The molecule has 2 amide bonds. The molecule has 0 aliphatic heterocycles. The molecule has 0 fully saturated rings. The molecule has 0 aliphatic rings. The van der Waals surface area contributed by atoms with Gasteiger partial charge in [-0.3, -0.25) is 0 Å². The molecule has 2 aromatic carbocycles. The number of hydrogen-bond acceptors (Lipinski definition) is 3. The molecule has 0 saturated carbocycles. The standard InChI is InChI=1S/C21H29N3O2.ClH/c1-5-24(6-2)18-9-12-20(16(3)15-18)23-21(25)22-14-13-17-7-10-19(26-4)11-8-17;/h7-12,15H,5-6,13-14H2,1-4H3,(H2,22,23,25);1H/p-1. The summed E-state index contributed by atoms with van der Waals surface area (Å²) in [5.41, 5.74) is 4.23. The lowest BCUT2D eigenvalue weighted by Crippen LogP contribution is -3.00. The quantitative estimate of drug-likeness (QED) is 0.712. The van der Waals surface area contributed by atoms with Crippen LogP contribution in [0.25, 0.3) is 0 Å². The normalized spacial score (nSPS) is 9.93. The third kappa shape index (κ3) is 6.68. The molecule has 148 valence electrons. The van der Waals surface area contributed by atoms with Gasteiger partial charge >= 0.3 is 6.03 Å². The number of carbonyl (C=O) groups is 1. The number of anilines is 2. The fourth-order valence-electron chi connectivity index (χ4n) is 2.85. The van der Waals surface area contributed by atoms with Gasteiger partial charge in [0.15, 0.2) is 0 Å². The highest BCUT2D eigenvalue weighted by Gasteiger charge is 2.07. The zero-order valence-corrected chi connectivity index (χ0v) is 17.3. The third-order valence-corrected chi connectivity index (χ3v) is 4.45. The molecule has 0 saturated heterocycles. The molecule has 0 radical (unpaired) electrons. The van der Waals surface area contributed by atoms with Crippen LogP contribution in [0.1, 0.15) is 25.0 Å².